The molecular formula is C48H25B7N2. The zero-order valence-corrected chi connectivity index (χ0v) is 30.9. The molecule has 0 N–H and O–H groups in total. The molecule has 0 bridgehead atoms. The number of fused-ring (bicyclic) bond motifs is 6. The molecule has 0 atom stereocenters. The van der Waals surface area contributed by atoms with E-state index in [4.69, 9.17) is 54.9 Å². The molecule has 57 heavy (non-hydrogen) atoms. The topological polar surface area (TPSA) is 9.86 Å². The first kappa shape index (κ1) is 35.2. The van der Waals surface area contributed by atoms with Crippen LogP contribution >= 0.6 is 0 Å². The highest BCUT2D eigenvalue weighted by Gasteiger charge is 2.25. The zero-order chi connectivity index (χ0) is 39.1. The van der Waals surface area contributed by atoms with Crippen LogP contribution in [0.15, 0.2) is 152 Å². The van der Waals surface area contributed by atoms with E-state index in [0.29, 0.717) is 43.8 Å². The van der Waals surface area contributed by atoms with Gasteiger partial charge in [0.1, 0.15) is 54.9 Å². The van der Waals surface area contributed by atoms with Crippen molar-refractivity contribution < 1.29 is 0 Å². The first-order chi connectivity index (χ1) is 27.7. The third-order valence-electron chi connectivity index (χ3n) is 11.3. The van der Waals surface area contributed by atoms with Gasteiger partial charge in [-0.15, -0.1) is 10.9 Å². The third-order valence-corrected chi connectivity index (χ3v) is 11.3. The normalized spacial score (nSPS) is 11.6. The van der Waals surface area contributed by atoms with E-state index in [1.54, 1.807) is 0 Å². The summed E-state index contributed by atoms with van der Waals surface area (Å²) in [6, 6.07) is 51.7. The Morgan fingerprint density at radius 1 is 0.333 bits per heavy atom. The Labute approximate surface area is 340 Å². The van der Waals surface area contributed by atoms with Gasteiger partial charge < -0.3 is 9.13 Å². The molecule has 0 saturated heterocycles. The van der Waals surface area contributed by atoms with Gasteiger partial charge >= 0.3 is 0 Å². The molecule has 0 aliphatic carbocycles. The molecule has 0 saturated carbocycles. The summed E-state index contributed by atoms with van der Waals surface area (Å²) in [4.78, 5) is 0. The molecule has 10 aromatic rings. The fourth-order valence-corrected chi connectivity index (χ4v) is 8.62. The summed E-state index contributed by atoms with van der Waals surface area (Å²) in [6.45, 7) is 0. The maximum absolute atomic E-state index is 7.37. The minimum Gasteiger partial charge on any atom is -0.310 e. The van der Waals surface area contributed by atoms with Gasteiger partial charge in [0.25, 0.3) is 0 Å². The Morgan fingerprint density at radius 3 is 1.47 bits per heavy atom. The standard InChI is InChI=1S/C48H25B7N2/c49-40-37(29-21-23-36-33(25-29)32-24-28(26-12-4-1-5-13-26)20-22-35(32)56(36)30-16-8-3-9-17-30)41(50)45(54)47-38(40)39-42(51)43(52)44(53)46(55)48(39)57(47)34-19-11-10-18-31(34)27-14-6-2-7-15-27/h1-25H. The number of benzene rings is 8. The van der Waals surface area contributed by atoms with Crippen molar-refractivity contribution in [3.8, 4) is 44.8 Å². The molecule has 2 aromatic heterocycles. The molecule has 0 aliphatic heterocycles. The van der Waals surface area contributed by atoms with Crippen molar-refractivity contribution in [1.29, 1.82) is 0 Å². The molecular weight excluding hydrogens is 680 g/mol. The number of hydrogen-bond donors (Lipinski definition) is 0. The SMILES string of the molecule is [B]c1c([B])c([B])c2c(c1[B])c1c([B])c(-c3ccc4c(c3)c3cc(-c5ccccc5)ccc3n4-c3ccccc3)c([B])c([B])c1n2-c1ccccc1-c1ccccc1. The van der Waals surface area contributed by atoms with Crippen LogP contribution in [0.4, 0.5) is 0 Å². The van der Waals surface area contributed by atoms with Gasteiger partial charge in [-0.05, 0) is 75.7 Å². The van der Waals surface area contributed by atoms with Crippen molar-refractivity contribution in [2.24, 2.45) is 0 Å². The summed E-state index contributed by atoms with van der Waals surface area (Å²) in [7, 11) is 48.6. The lowest BCUT2D eigenvalue weighted by atomic mass is 9.64. The van der Waals surface area contributed by atoms with E-state index < -0.39 is 0 Å². The van der Waals surface area contributed by atoms with E-state index in [9.17, 15) is 0 Å². The van der Waals surface area contributed by atoms with E-state index in [2.05, 4.69) is 83.4 Å². The maximum atomic E-state index is 7.37. The molecule has 0 unspecified atom stereocenters. The fourth-order valence-electron chi connectivity index (χ4n) is 8.62. The van der Waals surface area contributed by atoms with Crippen LogP contribution in [0.3, 0.4) is 0 Å². The average Bonchev–Trinajstić information content (AvgIpc) is 3.79. The number of hydrogen-bond acceptors (Lipinski definition) is 0. The first-order valence-corrected chi connectivity index (χ1v) is 18.6. The molecule has 248 valence electrons. The smallest absolute Gasteiger partial charge is 0.115 e. The van der Waals surface area contributed by atoms with Gasteiger partial charge in [-0.25, -0.2) is 0 Å². The van der Waals surface area contributed by atoms with Crippen molar-refractivity contribution in [2.45, 2.75) is 0 Å². The molecule has 0 spiro atoms. The highest BCUT2D eigenvalue weighted by Crippen LogP contribution is 2.38. The second kappa shape index (κ2) is 13.5. The van der Waals surface area contributed by atoms with E-state index in [1.807, 2.05) is 77.4 Å². The average molecular weight is 705 g/mol. The predicted octanol–water partition coefficient (Wildman–Crippen LogP) is 4.44. The largest absolute Gasteiger partial charge is 0.310 e. The van der Waals surface area contributed by atoms with Crippen molar-refractivity contribution in [1.82, 2.24) is 9.13 Å². The van der Waals surface area contributed by atoms with Gasteiger partial charge in [0, 0.05) is 38.4 Å². The second-order valence-corrected chi connectivity index (χ2v) is 14.4. The first-order valence-electron chi connectivity index (χ1n) is 18.6. The molecule has 2 nitrogen and oxygen atoms in total. The lowest BCUT2D eigenvalue weighted by molar-refractivity contribution is 1.18. The molecule has 10 rings (SSSR count). The number of nitrogens with zero attached hydrogens (tertiary/aromatic N) is 2. The highest BCUT2D eigenvalue weighted by atomic mass is 15.0. The zero-order valence-electron chi connectivity index (χ0n) is 30.9. The lowest BCUT2D eigenvalue weighted by Crippen LogP contribution is -2.48. The van der Waals surface area contributed by atoms with Gasteiger partial charge in [-0.1, -0.05) is 137 Å². The van der Waals surface area contributed by atoms with Crippen LogP contribution < -0.4 is 38.2 Å². The third kappa shape index (κ3) is 5.28. The number of rotatable bonds is 5. The van der Waals surface area contributed by atoms with E-state index in [-0.39, 0.29) is 21.9 Å². The molecule has 0 aliphatic rings. The van der Waals surface area contributed by atoms with Gasteiger partial charge in [0.15, 0.2) is 0 Å². The Balaban J connectivity index is 1.30. The Morgan fingerprint density at radius 2 is 0.825 bits per heavy atom. The summed E-state index contributed by atoms with van der Waals surface area (Å²) in [5.74, 6) is 0. The van der Waals surface area contributed by atoms with Crippen LogP contribution in [0, 0.1) is 0 Å². The molecule has 0 fully saturated rings. The van der Waals surface area contributed by atoms with Gasteiger partial charge in [-0.2, -0.15) is 0 Å². The van der Waals surface area contributed by atoms with Crippen LogP contribution in [-0.4, -0.2) is 64.1 Å². The molecule has 14 radical (unpaired) electrons. The fraction of sp³-hybridized carbons (Fsp3) is 0. The molecule has 0 amide bonds. The van der Waals surface area contributed by atoms with E-state index in [0.717, 1.165) is 61.0 Å². The van der Waals surface area contributed by atoms with Gasteiger partial charge in [0.2, 0.25) is 0 Å². The van der Waals surface area contributed by atoms with Crippen LogP contribution in [0.1, 0.15) is 0 Å². The van der Waals surface area contributed by atoms with Crippen LogP contribution in [0.2, 0.25) is 0 Å². The minimum atomic E-state index is 0.177. The minimum absolute atomic E-state index is 0.177. The van der Waals surface area contributed by atoms with Crippen LogP contribution in [0.25, 0.3) is 88.4 Å². The Hall–Kier alpha value is -6.19. The van der Waals surface area contributed by atoms with Crippen molar-refractivity contribution in [2.75, 3.05) is 0 Å². The maximum Gasteiger partial charge on any atom is 0.115 e. The summed E-state index contributed by atoms with van der Waals surface area (Å²) >= 11 is 0. The molecule has 8 aromatic carbocycles. The summed E-state index contributed by atoms with van der Waals surface area (Å²) in [5, 5.41) is 3.25. The van der Waals surface area contributed by atoms with E-state index >= 15 is 0 Å². The molecule has 9 heteroatoms. The molecule has 2 heterocycles. The number of aromatic nitrogens is 2. The second-order valence-electron chi connectivity index (χ2n) is 14.4. The van der Waals surface area contributed by atoms with Crippen molar-refractivity contribution in [3.05, 3.63) is 152 Å². The number of para-hydroxylation sites is 2. The highest BCUT2D eigenvalue weighted by molar-refractivity contribution is 6.69. The van der Waals surface area contributed by atoms with Gasteiger partial charge in [-0.3, -0.25) is 0 Å². The van der Waals surface area contributed by atoms with Crippen LogP contribution in [0.5, 0.6) is 0 Å². The monoisotopic (exact) mass is 706 g/mol. The van der Waals surface area contributed by atoms with Crippen LogP contribution in [-0.2, 0) is 0 Å². The quantitative estimate of drug-likeness (QED) is 0.235. The Bertz CT molecular complexity index is 3240. The Kier molecular flexibility index (Phi) is 8.34. The summed E-state index contributed by atoms with van der Waals surface area (Å²) in [6.07, 6.45) is 0. The van der Waals surface area contributed by atoms with E-state index in [1.165, 1.54) is 0 Å². The lowest BCUT2D eigenvalue weighted by Gasteiger charge is -2.20. The summed E-state index contributed by atoms with van der Waals surface area (Å²) < 4.78 is 4.25. The van der Waals surface area contributed by atoms with Crippen molar-refractivity contribution >= 4 is 137 Å². The predicted molar refractivity (Wildman–Crippen MR) is 249 cm³/mol. The van der Waals surface area contributed by atoms with Crippen molar-refractivity contribution in [3.63, 3.8) is 0 Å². The van der Waals surface area contributed by atoms with Gasteiger partial charge in [0.05, 0.1) is 16.7 Å². The summed E-state index contributed by atoms with van der Waals surface area (Å²) in [5.41, 5.74) is 12.5.